The molecule has 4 heterocycles. The number of fused-ring (bicyclic) bond motifs is 1. The third-order valence-corrected chi connectivity index (χ3v) is 4.83. The highest BCUT2D eigenvalue weighted by Gasteiger charge is 2.16. The molecule has 1 atom stereocenters. The molecule has 0 bridgehead atoms. The quantitative estimate of drug-likeness (QED) is 0.519. The summed E-state index contributed by atoms with van der Waals surface area (Å²) in [6.45, 7) is 2.74. The van der Waals surface area contributed by atoms with E-state index in [1.54, 1.807) is 6.33 Å². The summed E-state index contributed by atoms with van der Waals surface area (Å²) in [4.78, 5) is 13.2. The molecule has 0 saturated carbocycles. The number of azo groups is 2. The summed E-state index contributed by atoms with van der Waals surface area (Å²) in [7, 11) is 0. The van der Waals surface area contributed by atoms with Gasteiger partial charge in [-0.15, -0.1) is 0 Å². The SMILES string of the molecule is CC1C=C[N+](c2ccc(CNc3cc(-c4cnc5ccccn45)ncn3)cc2)=N1. The Morgan fingerprint density at radius 2 is 1.97 bits per heavy atom. The maximum Gasteiger partial charge on any atom is 0.237 e. The minimum Gasteiger partial charge on any atom is -0.366 e. The third-order valence-electron chi connectivity index (χ3n) is 4.83. The zero-order valence-electron chi connectivity index (χ0n) is 16.0. The van der Waals surface area contributed by atoms with Gasteiger partial charge in [-0.25, -0.2) is 15.0 Å². The van der Waals surface area contributed by atoms with Gasteiger partial charge >= 0.3 is 0 Å². The molecule has 142 valence electrons. The number of aromatic nitrogens is 4. The monoisotopic (exact) mass is 382 g/mol. The lowest BCUT2D eigenvalue weighted by Gasteiger charge is -2.07. The topological polar surface area (TPSA) is 70.5 Å². The molecular formula is C22H20N7+. The Labute approximate surface area is 168 Å². The van der Waals surface area contributed by atoms with Crippen LogP contribution in [0.15, 0.2) is 84.6 Å². The first-order valence-corrected chi connectivity index (χ1v) is 9.52. The number of rotatable bonds is 5. The van der Waals surface area contributed by atoms with Crippen LogP contribution in [0.5, 0.6) is 0 Å². The molecule has 0 amide bonds. The average Bonchev–Trinajstić information content (AvgIpc) is 3.39. The van der Waals surface area contributed by atoms with Gasteiger partial charge in [0.05, 0.1) is 17.6 Å². The van der Waals surface area contributed by atoms with Crippen molar-refractivity contribution in [2.75, 3.05) is 5.32 Å². The Morgan fingerprint density at radius 1 is 1.07 bits per heavy atom. The lowest BCUT2D eigenvalue weighted by atomic mass is 10.2. The van der Waals surface area contributed by atoms with Crippen LogP contribution in [0.25, 0.3) is 17.0 Å². The Bertz CT molecular complexity index is 1220. The Hall–Kier alpha value is -3.87. The minimum absolute atomic E-state index is 0.233. The second kappa shape index (κ2) is 7.27. The molecule has 1 aliphatic rings. The summed E-state index contributed by atoms with van der Waals surface area (Å²) in [6.07, 6.45) is 9.47. The molecule has 7 heteroatoms. The normalized spacial score (nSPS) is 15.6. The molecule has 29 heavy (non-hydrogen) atoms. The Morgan fingerprint density at radius 3 is 2.79 bits per heavy atom. The highest BCUT2D eigenvalue weighted by atomic mass is 15.3. The van der Waals surface area contributed by atoms with Gasteiger partial charge in [0.15, 0.2) is 0 Å². The van der Waals surface area contributed by atoms with Gasteiger partial charge in [0.1, 0.15) is 23.8 Å². The maximum absolute atomic E-state index is 4.52. The molecule has 1 aliphatic heterocycles. The summed E-state index contributed by atoms with van der Waals surface area (Å²) < 4.78 is 3.93. The second-order valence-electron chi connectivity index (χ2n) is 6.92. The summed E-state index contributed by atoms with van der Waals surface area (Å²) in [6, 6.07) is 16.4. The van der Waals surface area contributed by atoms with Crippen molar-refractivity contribution in [1.29, 1.82) is 0 Å². The fourth-order valence-electron chi connectivity index (χ4n) is 3.31. The maximum atomic E-state index is 4.52. The van der Waals surface area contributed by atoms with Crippen LogP contribution in [0.1, 0.15) is 12.5 Å². The number of nitrogens with one attached hydrogen (secondary N) is 1. The first-order valence-electron chi connectivity index (χ1n) is 9.52. The van der Waals surface area contributed by atoms with Crippen molar-refractivity contribution in [2.24, 2.45) is 5.11 Å². The number of imidazole rings is 1. The molecule has 0 radical (unpaired) electrons. The van der Waals surface area contributed by atoms with E-state index < -0.39 is 0 Å². The van der Waals surface area contributed by atoms with Crippen molar-refractivity contribution >= 4 is 17.2 Å². The van der Waals surface area contributed by atoms with Crippen LogP contribution in [0.3, 0.4) is 0 Å². The van der Waals surface area contributed by atoms with Gasteiger partial charge in [-0.1, -0.05) is 22.9 Å². The molecule has 0 fully saturated rings. The number of hydrogen-bond donors (Lipinski definition) is 1. The molecule has 0 aliphatic carbocycles. The molecule has 0 spiro atoms. The van der Waals surface area contributed by atoms with E-state index >= 15 is 0 Å². The van der Waals surface area contributed by atoms with E-state index in [9.17, 15) is 0 Å². The first kappa shape index (κ1) is 17.2. The van der Waals surface area contributed by atoms with E-state index in [0.717, 1.165) is 28.5 Å². The highest BCUT2D eigenvalue weighted by molar-refractivity contribution is 5.62. The van der Waals surface area contributed by atoms with Crippen molar-refractivity contribution in [1.82, 2.24) is 19.4 Å². The van der Waals surface area contributed by atoms with Gasteiger partial charge in [0.2, 0.25) is 11.9 Å². The first-order chi connectivity index (χ1) is 14.3. The molecule has 4 aromatic rings. The van der Waals surface area contributed by atoms with E-state index in [0.29, 0.717) is 6.54 Å². The summed E-state index contributed by atoms with van der Waals surface area (Å²) in [5.41, 5.74) is 4.89. The van der Waals surface area contributed by atoms with Crippen molar-refractivity contribution < 1.29 is 4.70 Å². The number of anilines is 1. The number of benzene rings is 1. The number of nitrogens with zero attached hydrogens (tertiary/aromatic N) is 6. The number of hydrogen-bond acceptors (Lipinski definition) is 5. The van der Waals surface area contributed by atoms with Crippen LogP contribution in [0, 0.1) is 0 Å². The third kappa shape index (κ3) is 3.50. The van der Waals surface area contributed by atoms with Crippen molar-refractivity contribution in [2.45, 2.75) is 19.5 Å². The standard InChI is InChI=1S/C22H20N7/c1-16-9-11-29(27-16)18-7-5-17(6-8-18)13-23-21-12-19(25-15-26-21)20-14-24-22-4-2-3-10-28(20)22/h2-12,14-16H,13H2,1H3,(H,23,25,26)/q+1. The van der Waals surface area contributed by atoms with Gasteiger partial charge < -0.3 is 5.32 Å². The summed E-state index contributed by atoms with van der Waals surface area (Å²) >= 11 is 0. The minimum atomic E-state index is 0.233. The lowest BCUT2D eigenvalue weighted by molar-refractivity contribution is -0.435. The molecule has 7 nitrogen and oxygen atoms in total. The smallest absolute Gasteiger partial charge is 0.237 e. The fourth-order valence-corrected chi connectivity index (χ4v) is 3.31. The van der Waals surface area contributed by atoms with Crippen LogP contribution in [-0.2, 0) is 6.54 Å². The van der Waals surface area contributed by atoms with Gasteiger partial charge in [0, 0.05) is 37.0 Å². The van der Waals surface area contributed by atoms with E-state index in [2.05, 4.69) is 62.6 Å². The van der Waals surface area contributed by atoms with Crippen LogP contribution >= 0.6 is 0 Å². The highest BCUT2D eigenvalue weighted by Crippen LogP contribution is 2.21. The van der Waals surface area contributed by atoms with Crippen LogP contribution < -0.4 is 5.32 Å². The molecule has 0 saturated heterocycles. The summed E-state index contributed by atoms with van der Waals surface area (Å²) in [5.74, 6) is 0.774. The Kier molecular flexibility index (Phi) is 4.32. The summed E-state index contributed by atoms with van der Waals surface area (Å²) in [5, 5.41) is 7.90. The van der Waals surface area contributed by atoms with Gasteiger partial charge in [0.25, 0.3) is 0 Å². The van der Waals surface area contributed by atoms with Crippen LogP contribution in [0.4, 0.5) is 11.5 Å². The van der Waals surface area contributed by atoms with Crippen LogP contribution in [-0.4, -0.2) is 30.1 Å². The van der Waals surface area contributed by atoms with Crippen LogP contribution in [0.2, 0.25) is 0 Å². The van der Waals surface area contributed by atoms with Gasteiger partial charge in [-0.2, -0.15) is 0 Å². The van der Waals surface area contributed by atoms with Gasteiger partial charge in [-0.05, 0) is 29.7 Å². The second-order valence-corrected chi connectivity index (χ2v) is 6.92. The van der Waals surface area contributed by atoms with Crippen molar-refractivity contribution in [3.05, 3.63) is 85.1 Å². The van der Waals surface area contributed by atoms with Gasteiger partial charge in [-0.3, -0.25) is 4.40 Å². The molecule has 5 rings (SSSR count). The Balaban J connectivity index is 1.31. The lowest BCUT2D eigenvalue weighted by Crippen LogP contribution is -2.02. The largest absolute Gasteiger partial charge is 0.366 e. The predicted molar refractivity (Wildman–Crippen MR) is 111 cm³/mol. The molecule has 1 aromatic carbocycles. The van der Waals surface area contributed by atoms with E-state index in [1.165, 1.54) is 5.56 Å². The van der Waals surface area contributed by atoms with Crippen molar-refractivity contribution in [3.8, 4) is 11.4 Å². The zero-order chi connectivity index (χ0) is 19.6. The predicted octanol–water partition coefficient (Wildman–Crippen LogP) is 4.42. The molecule has 1 N–H and O–H groups in total. The molecule has 1 unspecified atom stereocenters. The fraction of sp³-hybridized carbons (Fsp3) is 0.136. The van der Waals surface area contributed by atoms with Crippen molar-refractivity contribution in [3.63, 3.8) is 0 Å². The molecule has 3 aromatic heterocycles. The van der Waals surface area contributed by atoms with E-state index in [1.807, 2.05) is 52.0 Å². The molecular weight excluding hydrogens is 362 g/mol. The van der Waals surface area contributed by atoms with E-state index in [4.69, 9.17) is 0 Å². The number of pyridine rings is 1. The average molecular weight is 382 g/mol. The zero-order valence-corrected chi connectivity index (χ0v) is 16.0. The van der Waals surface area contributed by atoms with E-state index in [-0.39, 0.29) is 6.04 Å².